The number of rotatable bonds is 2. The first kappa shape index (κ1) is 12.8. The van der Waals surface area contributed by atoms with Crippen molar-refractivity contribution < 1.29 is 10.1 Å². The molecule has 0 spiro atoms. The van der Waals surface area contributed by atoms with Crippen LogP contribution in [0, 0.1) is 11.8 Å². The van der Waals surface area contributed by atoms with Gasteiger partial charge in [0.1, 0.15) is 5.66 Å². The van der Waals surface area contributed by atoms with Crippen LogP contribution in [0.3, 0.4) is 0 Å². The summed E-state index contributed by atoms with van der Waals surface area (Å²) in [6, 6.07) is 0. The molecular formula is C11H20NO2PS. The third-order valence-electron chi connectivity index (χ3n) is 4.00. The van der Waals surface area contributed by atoms with Crippen LogP contribution in [-0.2, 0) is 0 Å². The van der Waals surface area contributed by atoms with E-state index < -0.39 is 7.94 Å². The Labute approximate surface area is 103 Å². The monoisotopic (exact) mass is 261 g/mol. The smallest absolute Gasteiger partial charge is 0.204 e. The average Bonchev–Trinajstić information content (AvgIpc) is 2.39. The van der Waals surface area contributed by atoms with E-state index in [2.05, 4.69) is 16.7 Å². The van der Waals surface area contributed by atoms with Gasteiger partial charge in [-0.1, -0.05) is 0 Å². The largest absolute Gasteiger partial charge is 0.610 e. The van der Waals surface area contributed by atoms with Crippen LogP contribution in [-0.4, -0.2) is 22.4 Å². The molecule has 0 bridgehead atoms. The Morgan fingerprint density at radius 3 is 2.44 bits per heavy atom. The SMILES string of the molecule is [O-][P+](=NO)C1CCC(C2CCCSC2)CC1. The van der Waals surface area contributed by atoms with Crippen molar-refractivity contribution in [2.24, 2.45) is 16.7 Å². The van der Waals surface area contributed by atoms with Crippen LogP contribution in [0.2, 0.25) is 0 Å². The van der Waals surface area contributed by atoms with Crippen molar-refractivity contribution in [3.63, 3.8) is 0 Å². The zero-order valence-electron chi connectivity index (χ0n) is 9.55. The lowest BCUT2D eigenvalue weighted by Crippen LogP contribution is -2.27. The zero-order chi connectivity index (χ0) is 11.4. The summed E-state index contributed by atoms with van der Waals surface area (Å²) in [4.78, 5) is 14.3. The number of thioether (sulfide) groups is 1. The minimum absolute atomic E-state index is 0.146. The topological polar surface area (TPSA) is 55.7 Å². The van der Waals surface area contributed by atoms with Crippen molar-refractivity contribution >= 4 is 19.7 Å². The van der Waals surface area contributed by atoms with E-state index in [1.807, 2.05) is 0 Å². The highest BCUT2D eigenvalue weighted by atomic mass is 32.2. The molecule has 2 atom stereocenters. The van der Waals surface area contributed by atoms with Gasteiger partial charge in [0.15, 0.2) is 0 Å². The molecule has 1 heterocycles. The fourth-order valence-electron chi connectivity index (χ4n) is 3.00. The van der Waals surface area contributed by atoms with E-state index in [9.17, 15) is 4.89 Å². The van der Waals surface area contributed by atoms with Gasteiger partial charge in [0.25, 0.3) is 0 Å². The predicted molar refractivity (Wildman–Crippen MR) is 66.9 cm³/mol. The van der Waals surface area contributed by atoms with Crippen molar-refractivity contribution in [2.75, 3.05) is 11.5 Å². The average molecular weight is 261 g/mol. The van der Waals surface area contributed by atoms with Gasteiger partial charge in [-0.15, -0.1) is 0 Å². The maximum atomic E-state index is 11.4. The summed E-state index contributed by atoms with van der Waals surface area (Å²) in [5.41, 5.74) is 0.146. The fraction of sp³-hybridized carbons (Fsp3) is 1.00. The highest BCUT2D eigenvalue weighted by Crippen LogP contribution is 2.42. The first-order valence-electron chi connectivity index (χ1n) is 6.20. The molecular weight excluding hydrogens is 241 g/mol. The summed E-state index contributed by atoms with van der Waals surface area (Å²) in [5.74, 6) is 4.39. The van der Waals surface area contributed by atoms with E-state index in [1.165, 1.54) is 37.2 Å². The minimum Gasteiger partial charge on any atom is -0.610 e. The van der Waals surface area contributed by atoms with E-state index in [-0.39, 0.29) is 5.66 Å². The predicted octanol–water partition coefficient (Wildman–Crippen LogP) is 3.02. The third kappa shape index (κ3) is 3.19. The van der Waals surface area contributed by atoms with Gasteiger partial charge in [-0.2, -0.15) is 11.8 Å². The van der Waals surface area contributed by atoms with Crippen LogP contribution < -0.4 is 4.89 Å². The summed E-state index contributed by atoms with van der Waals surface area (Å²) in [5, 5.41) is 8.54. The van der Waals surface area contributed by atoms with Crippen molar-refractivity contribution in [3.05, 3.63) is 0 Å². The first-order chi connectivity index (χ1) is 7.81. The molecule has 2 aliphatic rings. The molecule has 1 saturated carbocycles. The molecule has 3 nitrogen and oxygen atoms in total. The zero-order valence-corrected chi connectivity index (χ0v) is 11.3. The molecule has 92 valence electrons. The van der Waals surface area contributed by atoms with Gasteiger partial charge in [-0.3, -0.25) is 0 Å². The van der Waals surface area contributed by atoms with Gasteiger partial charge in [0.05, 0.1) is 0 Å². The van der Waals surface area contributed by atoms with Crippen LogP contribution in [0.15, 0.2) is 4.91 Å². The summed E-state index contributed by atoms with van der Waals surface area (Å²) in [6.07, 6.45) is 7.11. The van der Waals surface area contributed by atoms with Crippen LogP contribution in [0.25, 0.3) is 0 Å². The highest BCUT2D eigenvalue weighted by Gasteiger charge is 2.32. The van der Waals surface area contributed by atoms with E-state index in [4.69, 9.17) is 5.21 Å². The second kappa shape index (κ2) is 6.34. The number of hydrogen-bond donors (Lipinski definition) is 1. The molecule has 0 aromatic rings. The van der Waals surface area contributed by atoms with Crippen molar-refractivity contribution in [1.29, 1.82) is 0 Å². The Morgan fingerprint density at radius 1 is 1.12 bits per heavy atom. The highest BCUT2D eigenvalue weighted by molar-refractivity contribution is 7.99. The van der Waals surface area contributed by atoms with E-state index in [0.717, 1.165) is 24.7 Å². The van der Waals surface area contributed by atoms with Crippen LogP contribution in [0.1, 0.15) is 38.5 Å². The minimum atomic E-state index is -1.71. The van der Waals surface area contributed by atoms with Crippen LogP contribution >= 0.6 is 19.7 Å². The fourth-order valence-corrected chi connectivity index (χ4v) is 5.17. The number of nitrogens with zero attached hydrogens (tertiary/aromatic N) is 1. The van der Waals surface area contributed by atoms with Gasteiger partial charge >= 0.3 is 0 Å². The molecule has 1 aliphatic heterocycles. The van der Waals surface area contributed by atoms with Gasteiger partial charge in [0, 0.05) is 4.91 Å². The summed E-state index contributed by atoms with van der Waals surface area (Å²) >= 11 is 2.09. The van der Waals surface area contributed by atoms with Crippen molar-refractivity contribution in [1.82, 2.24) is 0 Å². The molecule has 1 saturated heterocycles. The van der Waals surface area contributed by atoms with Crippen molar-refractivity contribution in [2.45, 2.75) is 44.2 Å². The maximum absolute atomic E-state index is 11.4. The molecule has 16 heavy (non-hydrogen) atoms. The van der Waals surface area contributed by atoms with Crippen molar-refractivity contribution in [3.8, 4) is 0 Å². The Balaban J connectivity index is 1.80. The molecule has 5 heteroatoms. The second-order valence-corrected chi connectivity index (χ2v) is 7.60. The van der Waals surface area contributed by atoms with Crippen LogP contribution in [0.5, 0.6) is 0 Å². The van der Waals surface area contributed by atoms with E-state index in [0.29, 0.717) is 0 Å². The van der Waals surface area contributed by atoms with Gasteiger partial charge in [-0.25, -0.2) is 5.21 Å². The number of hydrogen-bond acceptors (Lipinski definition) is 3. The van der Waals surface area contributed by atoms with Gasteiger partial charge in [0.2, 0.25) is 7.94 Å². The van der Waals surface area contributed by atoms with Gasteiger partial charge in [-0.05, 0) is 61.9 Å². The Hall–Kier alpha value is 0.370. The lowest BCUT2D eigenvalue weighted by atomic mass is 9.78. The first-order valence-corrected chi connectivity index (χ1v) is 8.64. The standard InChI is InChI=1S/C11H20NO2PS/c13-12-15(14)11-5-3-9(4-6-11)10-2-1-7-16-8-10/h9-11,13H,1-8H2. The normalized spacial score (nSPS) is 37.4. The molecule has 0 radical (unpaired) electrons. The Morgan fingerprint density at radius 2 is 1.88 bits per heavy atom. The summed E-state index contributed by atoms with van der Waals surface area (Å²) in [6.45, 7) is 0. The molecule has 0 aromatic heterocycles. The summed E-state index contributed by atoms with van der Waals surface area (Å²) in [7, 11) is -1.71. The van der Waals surface area contributed by atoms with Crippen LogP contribution in [0.4, 0.5) is 0 Å². The van der Waals surface area contributed by atoms with E-state index >= 15 is 0 Å². The Kier molecular flexibility index (Phi) is 5.08. The van der Waals surface area contributed by atoms with E-state index in [1.54, 1.807) is 0 Å². The molecule has 0 aromatic carbocycles. The lowest BCUT2D eigenvalue weighted by Gasteiger charge is -2.33. The molecule has 0 amide bonds. The molecule has 2 rings (SSSR count). The Bertz CT molecular complexity index is 248. The summed E-state index contributed by atoms with van der Waals surface area (Å²) < 4.78 is 0. The lowest BCUT2D eigenvalue weighted by molar-refractivity contribution is -0.160. The molecule has 1 aliphatic carbocycles. The molecule has 2 unspecified atom stereocenters. The third-order valence-corrected chi connectivity index (χ3v) is 6.56. The molecule has 1 N–H and O–H groups in total. The maximum Gasteiger partial charge on any atom is 0.204 e. The second-order valence-electron chi connectivity index (χ2n) is 4.94. The molecule has 2 fully saturated rings. The quantitative estimate of drug-likeness (QED) is 0.614. The van der Waals surface area contributed by atoms with Gasteiger partial charge < -0.3 is 4.89 Å².